The van der Waals surface area contributed by atoms with Crippen LogP contribution in [-0.4, -0.2) is 18.8 Å². The van der Waals surface area contributed by atoms with Crippen molar-refractivity contribution in [3.05, 3.63) is 56.7 Å². The molecule has 0 spiro atoms. The number of ether oxygens (including phenoxy) is 1. The van der Waals surface area contributed by atoms with Crippen LogP contribution < -0.4 is 10.1 Å². The summed E-state index contributed by atoms with van der Waals surface area (Å²) in [6.07, 6.45) is 0.799. The lowest BCUT2D eigenvalue weighted by Gasteiger charge is -2.13. The van der Waals surface area contributed by atoms with Gasteiger partial charge < -0.3 is 10.1 Å². The molecule has 22 heavy (non-hydrogen) atoms. The Kier molecular flexibility index (Phi) is 5.54. The number of nitrogens with one attached hydrogen (secondary N) is 1. The van der Waals surface area contributed by atoms with Gasteiger partial charge in [-0.25, -0.2) is 0 Å². The van der Waals surface area contributed by atoms with Crippen molar-refractivity contribution in [2.45, 2.75) is 13.8 Å². The van der Waals surface area contributed by atoms with Gasteiger partial charge in [0.1, 0.15) is 12.0 Å². The smallest absolute Gasteiger partial charge is 0.262 e. The minimum atomic E-state index is -0.222. The van der Waals surface area contributed by atoms with E-state index in [0.717, 1.165) is 26.7 Å². The second-order valence-electron chi connectivity index (χ2n) is 4.95. The van der Waals surface area contributed by atoms with E-state index in [2.05, 4.69) is 27.9 Å². The summed E-state index contributed by atoms with van der Waals surface area (Å²) in [6, 6.07) is 11.0. The topological polar surface area (TPSA) is 55.4 Å². The Bertz CT molecular complexity index is 690. The standard InChI is InChI=1S/C17H16INO3/c1-11-6-13(9-20)7-12(2)17(11)22-10-16(21)19-15-5-3-4-14(18)8-15/h3-9H,10H2,1-2H3,(H,19,21). The first-order valence-electron chi connectivity index (χ1n) is 6.74. The molecule has 0 unspecified atom stereocenters. The molecule has 0 aromatic heterocycles. The molecule has 2 aromatic rings. The number of hydrogen-bond donors (Lipinski definition) is 1. The zero-order chi connectivity index (χ0) is 16.1. The van der Waals surface area contributed by atoms with E-state index in [1.54, 1.807) is 12.1 Å². The number of anilines is 1. The molecule has 0 fully saturated rings. The number of aldehydes is 1. The molecule has 114 valence electrons. The molecular weight excluding hydrogens is 393 g/mol. The molecular formula is C17H16INO3. The Balaban J connectivity index is 2.01. The Hall–Kier alpha value is -1.89. The number of carbonyl (C=O) groups is 2. The maximum absolute atomic E-state index is 11.9. The molecule has 0 aliphatic heterocycles. The fourth-order valence-corrected chi connectivity index (χ4v) is 2.72. The minimum Gasteiger partial charge on any atom is -0.483 e. The molecule has 0 atom stereocenters. The fourth-order valence-electron chi connectivity index (χ4n) is 2.18. The van der Waals surface area contributed by atoms with Gasteiger partial charge in [0.25, 0.3) is 5.91 Å². The van der Waals surface area contributed by atoms with Gasteiger partial charge in [-0.15, -0.1) is 0 Å². The number of aryl methyl sites for hydroxylation is 2. The number of halogens is 1. The van der Waals surface area contributed by atoms with E-state index in [1.165, 1.54) is 0 Å². The van der Waals surface area contributed by atoms with E-state index < -0.39 is 0 Å². The second-order valence-corrected chi connectivity index (χ2v) is 6.19. The summed E-state index contributed by atoms with van der Waals surface area (Å²) >= 11 is 2.19. The highest BCUT2D eigenvalue weighted by molar-refractivity contribution is 14.1. The van der Waals surface area contributed by atoms with Gasteiger partial charge in [0.2, 0.25) is 0 Å². The first-order chi connectivity index (χ1) is 10.5. The van der Waals surface area contributed by atoms with Crippen molar-refractivity contribution in [1.29, 1.82) is 0 Å². The van der Waals surface area contributed by atoms with Crippen LogP contribution >= 0.6 is 22.6 Å². The highest BCUT2D eigenvalue weighted by Gasteiger charge is 2.09. The van der Waals surface area contributed by atoms with Crippen molar-refractivity contribution < 1.29 is 14.3 Å². The average Bonchev–Trinajstić information content (AvgIpc) is 2.46. The van der Waals surface area contributed by atoms with Gasteiger partial charge in [-0.05, 0) is 77.9 Å². The van der Waals surface area contributed by atoms with E-state index in [4.69, 9.17) is 4.74 Å². The fraction of sp³-hybridized carbons (Fsp3) is 0.176. The third-order valence-corrected chi connectivity index (χ3v) is 3.75. The molecule has 4 nitrogen and oxygen atoms in total. The van der Waals surface area contributed by atoms with Crippen molar-refractivity contribution in [2.75, 3.05) is 11.9 Å². The van der Waals surface area contributed by atoms with Crippen LogP contribution in [0.2, 0.25) is 0 Å². The molecule has 0 radical (unpaired) electrons. The molecule has 0 saturated carbocycles. The van der Waals surface area contributed by atoms with E-state index in [-0.39, 0.29) is 12.5 Å². The molecule has 0 bridgehead atoms. The quantitative estimate of drug-likeness (QED) is 0.605. The van der Waals surface area contributed by atoms with Crippen molar-refractivity contribution in [3.8, 4) is 5.75 Å². The summed E-state index contributed by atoms with van der Waals surface area (Å²) in [5, 5.41) is 2.79. The lowest BCUT2D eigenvalue weighted by Crippen LogP contribution is -2.20. The van der Waals surface area contributed by atoms with Gasteiger partial charge in [0.05, 0.1) is 0 Å². The molecule has 0 aliphatic carbocycles. The first-order valence-corrected chi connectivity index (χ1v) is 7.82. The van der Waals surface area contributed by atoms with Crippen LogP contribution in [0.4, 0.5) is 5.69 Å². The number of amides is 1. The van der Waals surface area contributed by atoms with Gasteiger partial charge in [-0.2, -0.15) is 0 Å². The van der Waals surface area contributed by atoms with Crippen LogP contribution in [0.5, 0.6) is 5.75 Å². The van der Waals surface area contributed by atoms with Crippen molar-refractivity contribution in [2.24, 2.45) is 0 Å². The van der Waals surface area contributed by atoms with Gasteiger partial charge >= 0.3 is 0 Å². The highest BCUT2D eigenvalue weighted by Crippen LogP contribution is 2.24. The summed E-state index contributed by atoms with van der Waals surface area (Å²) in [7, 11) is 0. The van der Waals surface area contributed by atoms with Crippen LogP contribution in [-0.2, 0) is 4.79 Å². The van der Waals surface area contributed by atoms with Crippen LogP contribution in [0.15, 0.2) is 36.4 Å². The minimum absolute atomic E-state index is 0.0758. The summed E-state index contributed by atoms with van der Waals surface area (Å²) in [6.45, 7) is 3.63. The third-order valence-electron chi connectivity index (χ3n) is 3.07. The summed E-state index contributed by atoms with van der Waals surface area (Å²) in [4.78, 5) is 22.8. The van der Waals surface area contributed by atoms with Crippen molar-refractivity contribution in [3.63, 3.8) is 0 Å². The van der Waals surface area contributed by atoms with Crippen LogP contribution in [0.25, 0.3) is 0 Å². The Morgan fingerprint density at radius 1 is 1.23 bits per heavy atom. The van der Waals surface area contributed by atoms with Crippen LogP contribution in [0.3, 0.4) is 0 Å². The summed E-state index contributed by atoms with van der Waals surface area (Å²) < 4.78 is 6.65. The maximum atomic E-state index is 11.9. The van der Waals surface area contributed by atoms with E-state index in [0.29, 0.717) is 11.3 Å². The highest BCUT2D eigenvalue weighted by atomic mass is 127. The van der Waals surface area contributed by atoms with Gasteiger partial charge in [-0.1, -0.05) is 6.07 Å². The van der Waals surface area contributed by atoms with Crippen molar-refractivity contribution in [1.82, 2.24) is 0 Å². The molecule has 1 amide bonds. The number of hydrogen-bond acceptors (Lipinski definition) is 3. The Labute approximate surface area is 143 Å². The normalized spacial score (nSPS) is 10.1. The predicted octanol–water partition coefficient (Wildman–Crippen LogP) is 3.74. The summed E-state index contributed by atoms with van der Waals surface area (Å²) in [5.41, 5.74) is 3.02. The SMILES string of the molecule is Cc1cc(C=O)cc(C)c1OCC(=O)Nc1cccc(I)c1. The zero-order valence-electron chi connectivity index (χ0n) is 12.4. The van der Waals surface area contributed by atoms with Crippen LogP contribution in [0, 0.1) is 17.4 Å². The third kappa shape index (κ3) is 4.30. The molecule has 2 rings (SSSR count). The first kappa shape index (κ1) is 16.5. The number of rotatable bonds is 5. The lowest BCUT2D eigenvalue weighted by molar-refractivity contribution is -0.118. The predicted molar refractivity (Wildman–Crippen MR) is 94.6 cm³/mol. The van der Waals surface area contributed by atoms with Crippen LogP contribution in [0.1, 0.15) is 21.5 Å². The average molecular weight is 409 g/mol. The lowest BCUT2D eigenvalue weighted by atomic mass is 10.1. The molecule has 1 N–H and O–H groups in total. The number of carbonyl (C=O) groups excluding carboxylic acids is 2. The Morgan fingerprint density at radius 3 is 2.50 bits per heavy atom. The molecule has 0 aliphatic rings. The number of benzene rings is 2. The Morgan fingerprint density at radius 2 is 1.91 bits per heavy atom. The van der Waals surface area contributed by atoms with Crippen molar-refractivity contribution >= 4 is 40.5 Å². The van der Waals surface area contributed by atoms with Gasteiger partial charge in [0, 0.05) is 14.8 Å². The van der Waals surface area contributed by atoms with Gasteiger partial charge in [0.15, 0.2) is 6.61 Å². The zero-order valence-corrected chi connectivity index (χ0v) is 14.5. The molecule has 5 heteroatoms. The van der Waals surface area contributed by atoms with Gasteiger partial charge in [-0.3, -0.25) is 9.59 Å². The summed E-state index contributed by atoms with van der Waals surface area (Å²) in [5.74, 6) is 0.420. The van der Waals surface area contributed by atoms with E-state index >= 15 is 0 Å². The van der Waals surface area contributed by atoms with E-state index in [9.17, 15) is 9.59 Å². The molecule has 2 aromatic carbocycles. The monoisotopic (exact) mass is 409 g/mol. The molecule has 0 saturated heterocycles. The second kappa shape index (κ2) is 7.40. The van der Waals surface area contributed by atoms with E-state index in [1.807, 2.05) is 38.1 Å². The largest absolute Gasteiger partial charge is 0.483 e. The maximum Gasteiger partial charge on any atom is 0.262 e. The molecule has 0 heterocycles.